The van der Waals surface area contributed by atoms with Crippen molar-refractivity contribution in [1.82, 2.24) is 0 Å². The Kier molecular flexibility index (Phi) is 2.80. The Morgan fingerprint density at radius 2 is 1.79 bits per heavy atom. The maximum absolute atomic E-state index is 12.6. The molecule has 2 N–H and O–H groups in total. The van der Waals surface area contributed by atoms with Crippen LogP contribution >= 0.6 is 28.1 Å². The van der Waals surface area contributed by atoms with Gasteiger partial charge >= 0.3 is 0 Å². The van der Waals surface area contributed by atoms with E-state index >= 15 is 0 Å². The van der Waals surface area contributed by atoms with Gasteiger partial charge in [0, 0.05) is 26.7 Å². The fourth-order valence-corrected chi connectivity index (χ4v) is 3.40. The monoisotopic (exact) mass is 331 g/mol. The van der Waals surface area contributed by atoms with Crippen LogP contribution in [-0.4, -0.2) is 10.6 Å². The number of rotatable bonds is 0. The number of hydrogen-bond donors (Lipinski definition) is 1. The average Bonchev–Trinajstić information content (AvgIpc) is 2.40. The van der Waals surface area contributed by atoms with Gasteiger partial charge in [0.05, 0.1) is 10.6 Å². The van der Waals surface area contributed by atoms with Crippen molar-refractivity contribution in [3.8, 4) is 0 Å². The molecule has 0 amide bonds. The van der Waals surface area contributed by atoms with Crippen LogP contribution in [0.2, 0.25) is 0 Å². The number of anilines is 1. The first kappa shape index (κ1) is 12.5. The molecule has 0 bridgehead atoms. The fraction of sp³-hybridized carbons (Fsp3) is 0.0667. The van der Waals surface area contributed by atoms with Crippen LogP contribution in [0.3, 0.4) is 0 Å². The van der Waals surface area contributed by atoms with Crippen LogP contribution < -0.4 is 5.73 Å². The maximum Gasteiger partial charge on any atom is 0.194 e. The van der Waals surface area contributed by atoms with Gasteiger partial charge in [0.25, 0.3) is 0 Å². The molecule has 19 heavy (non-hydrogen) atoms. The van der Waals surface area contributed by atoms with Crippen LogP contribution in [0.25, 0.3) is 0 Å². The first-order chi connectivity index (χ1) is 9.02. The summed E-state index contributed by atoms with van der Waals surface area (Å²) >= 11 is 8.94. The molecule has 0 radical (unpaired) electrons. The number of nitrogens with two attached hydrogens (primary N) is 1. The number of nitrogen functional groups attached to an aromatic ring is 1. The fourth-order valence-electron chi connectivity index (χ4n) is 2.47. The molecule has 0 aromatic heterocycles. The summed E-state index contributed by atoms with van der Waals surface area (Å²) in [5.41, 5.74) is 10.3. The molecule has 1 aliphatic rings. The predicted octanol–water partition coefficient (Wildman–Crippen LogP) is 3.65. The Morgan fingerprint density at radius 3 is 2.47 bits per heavy atom. The van der Waals surface area contributed by atoms with Crippen LogP contribution in [0.4, 0.5) is 5.69 Å². The van der Waals surface area contributed by atoms with Crippen molar-refractivity contribution in [1.29, 1.82) is 0 Å². The highest BCUT2D eigenvalue weighted by Gasteiger charge is 2.30. The highest BCUT2D eigenvalue weighted by molar-refractivity contribution is 9.10. The number of halogens is 1. The van der Waals surface area contributed by atoms with Crippen molar-refractivity contribution in [2.24, 2.45) is 0 Å². The number of aryl methyl sites for hydroxylation is 1. The number of thiocarbonyl (C=S) groups is 1. The van der Waals surface area contributed by atoms with Crippen LogP contribution in [-0.2, 0) is 0 Å². The molecule has 94 valence electrons. The lowest BCUT2D eigenvalue weighted by atomic mass is 9.82. The normalized spacial score (nSPS) is 13.2. The zero-order valence-electron chi connectivity index (χ0n) is 10.2. The molecule has 2 aromatic carbocycles. The third-order valence-corrected chi connectivity index (χ3v) is 4.46. The molecule has 0 aliphatic heterocycles. The number of fused-ring (bicyclic) bond motifs is 2. The zero-order valence-corrected chi connectivity index (χ0v) is 12.6. The minimum atomic E-state index is -0.00380. The van der Waals surface area contributed by atoms with Gasteiger partial charge in [-0.15, -0.1) is 0 Å². The van der Waals surface area contributed by atoms with E-state index < -0.39 is 0 Å². The SMILES string of the molecule is Cc1cc(Br)c(N)c2c1C(=O)c1ccccc1C2=S. The third kappa shape index (κ3) is 1.67. The van der Waals surface area contributed by atoms with E-state index in [2.05, 4.69) is 15.9 Å². The van der Waals surface area contributed by atoms with E-state index in [1.165, 1.54) is 0 Å². The van der Waals surface area contributed by atoms with Crippen LogP contribution in [0, 0.1) is 6.92 Å². The highest BCUT2D eigenvalue weighted by Crippen LogP contribution is 2.37. The first-order valence-corrected chi connectivity index (χ1v) is 6.99. The second kappa shape index (κ2) is 4.25. The Bertz CT molecular complexity index is 752. The Hall–Kier alpha value is -1.52. The summed E-state index contributed by atoms with van der Waals surface area (Å²) in [7, 11) is 0. The van der Waals surface area contributed by atoms with E-state index in [0.29, 0.717) is 27.2 Å². The van der Waals surface area contributed by atoms with Gasteiger partial charge in [-0.2, -0.15) is 0 Å². The number of hydrogen-bond acceptors (Lipinski definition) is 3. The van der Waals surface area contributed by atoms with Crippen molar-refractivity contribution in [3.05, 3.63) is 62.6 Å². The van der Waals surface area contributed by atoms with E-state index in [0.717, 1.165) is 15.6 Å². The molecule has 0 atom stereocenters. The smallest absolute Gasteiger partial charge is 0.194 e. The highest BCUT2D eigenvalue weighted by atomic mass is 79.9. The summed E-state index contributed by atoms with van der Waals surface area (Å²) in [6.45, 7) is 1.90. The molecule has 0 fully saturated rings. The van der Waals surface area contributed by atoms with Crippen molar-refractivity contribution in [3.63, 3.8) is 0 Å². The van der Waals surface area contributed by atoms with E-state index in [4.69, 9.17) is 18.0 Å². The summed E-state index contributed by atoms with van der Waals surface area (Å²) in [6, 6.07) is 9.27. The Morgan fingerprint density at radius 1 is 1.16 bits per heavy atom. The standard InChI is InChI=1S/C15H10BrNOS/c1-7-6-10(16)13(17)12-11(7)14(18)8-4-2-3-5-9(8)15(12)19/h2-6H,17H2,1H3. The van der Waals surface area contributed by atoms with E-state index in [9.17, 15) is 4.79 Å². The van der Waals surface area contributed by atoms with Gasteiger partial charge in [-0.3, -0.25) is 4.79 Å². The molecule has 0 spiro atoms. The van der Waals surface area contributed by atoms with Gasteiger partial charge in [-0.25, -0.2) is 0 Å². The number of ketones is 1. The summed E-state index contributed by atoms with van der Waals surface area (Å²) in [5, 5.41) is 0. The van der Waals surface area contributed by atoms with Gasteiger partial charge in [-0.1, -0.05) is 36.5 Å². The minimum absolute atomic E-state index is 0.00380. The Balaban J connectivity index is 2.43. The van der Waals surface area contributed by atoms with Gasteiger partial charge in [0.1, 0.15) is 0 Å². The molecule has 3 rings (SSSR count). The molecule has 4 heteroatoms. The molecular formula is C15H10BrNOS. The second-order valence-corrected chi connectivity index (χ2v) is 5.81. The zero-order chi connectivity index (χ0) is 13.7. The van der Waals surface area contributed by atoms with Gasteiger partial charge in [-0.05, 0) is 34.5 Å². The lowest BCUT2D eigenvalue weighted by Gasteiger charge is -2.23. The first-order valence-electron chi connectivity index (χ1n) is 5.79. The average molecular weight is 332 g/mol. The van der Waals surface area contributed by atoms with Crippen molar-refractivity contribution < 1.29 is 4.79 Å². The molecule has 2 nitrogen and oxygen atoms in total. The summed E-state index contributed by atoms with van der Waals surface area (Å²) in [5.74, 6) is -0.00380. The Labute approximate surface area is 124 Å². The van der Waals surface area contributed by atoms with E-state index in [-0.39, 0.29) is 5.78 Å². The summed E-state index contributed by atoms with van der Waals surface area (Å²) in [6.07, 6.45) is 0. The number of carbonyl (C=O) groups is 1. The van der Waals surface area contributed by atoms with Crippen LogP contribution in [0.1, 0.15) is 32.6 Å². The van der Waals surface area contributed by atoms with Crippen molar-refractivity contribution in [2.75, 3.05) is 5.73 Å². The van der Waals surface area contributed by atoms with E-state index in [1.54, 1.807) is 0 Å². The molecule has 0 saturated carbocycles. The molecule has 0 unspecified atom stereocenters. The van der Waals surface area contributed by atoms with E-state index in [1.807, 2.05) is 37.3 Å². The summed E-state index contributed by atoms with van der Waals surface area (Å²) < 4.78 is 0.776. The number of carbonyl (C=O) groups excluding carboxylic acids is 1. The molecule has 0 saturated heterocycles. The van der Waals surface area contributed by atoms with Gasteiger partial charge in [0.2, 0.25) is 0 Å². The van der Waals surface area contributed by atoms with Gasteiger partial charge < -0.3 is 5.73 Å². The van der Waals surface area contributed by atoms with Crippen LogP contribution in [0.15, 0.2) is 34.8 Å². The van der Waals surface area contributed by atoms with Gasteiger partial charge in [0.15, 0.2) is 5.78 Å². The summed E-state index contributed by atoms with van der Waals surface area (Å²) in [4.78, 5) is 13.3. The number of benzene rings is 2. The molecule has 0 heterocycles. The minimum Gasteiger partial charge on any atom is -0.397 e. The second-order valence-electron chi connectivity index (χ2n) is 4.54. The quantitative estimate of drug-likeness (QED) is 0.505. The molecular weight excluding hydrogens is 322 g/mol. The van der Waals surface area contributed by atoms with Crippen molar-refractivity contribution in [2.45, 2.75) is 6.92 Å². The van der Waals surface area contributed by atoms with Crippen molar-refractivity contribution >= 4 is 44.5 Å². The predicted molar refractivity (Wildman–Crippen MR) is 84.0 cm³/mol. The largest absolute Gasteiger partial charge is 0.397 e. The third-order valence-electron chi connectivity index (χ3n) is 3.38. The maximum atomic E-state index is 12.6. The molecule has 1 aliphatic carbocycles. The lowest BCUT2D eigenvalue weighted by molar-refractivity contribution is 0.103. The lowest BCUT2D eigenvalue weighted by Crippen LogP contribution is -2.23. The van der Waals surface area contributed by atoms with Crippen LogP contribution in [0.5, 0.6) is 0 Å². The molecule has 2 aromatic rings. The topological polar surface area (TPSA) is 43.1 Å².